The quantitative estimate of drug-likeness (QED) is 0.375. The van der Waals surface area contributed by atoms with E-state index in [1.165, 1.54) is 0 Å². The monoisotopic (exact) mass is 384 g/mol. The molecule has 0 atom stereocenters. The van der Waals surface area contributed by atoms with Gasteiger partial charge in [0, 0.05) is 10.9 Å². The van der Waals surface area contributed by atoms with Crippen LogP contribution in [0.3, 0.4) is 0 Å². The van der Waals surface area contributed by atoms with Crippen molar-refractivity contribution in [2.24, 2.45) is 0 Å². The largest absolute Gasteiger partial charge is 0.292 e. The Morgan fingerprint density at radius 2 is 1.63 bits per heavy atom. The minimum Gasteiger partial charge on any atom is -0.292 e. The number of rotatable bonds is 2. The van der Waals surface area contributed by atoms with Crippen molar-refractivity contribution < 1.29 is 0 Å². The third-order valence-corrected chi connectivity index (χ3v) is 5.58. The van der Waals surface area contributed by atoms with Crippen molar-refractivity contribution >= 4 is 33.7 Å². The molecule has 0 fully saturated rings. The minimum absolute atomic E-state index is 0.350. The Morgan fingerprint density at radius 1 is 0.933 bits per heavy atom. The number of aryl methyl sites for hydroxylation is 1. The summed E-state index contributed by atoms with van der Waals surface area (Å²) in [6.07, 6.45) is 1.82. The molecule has 5 rings (SSSR count). The van der Waals surface area contributed by atoms with E-state index in [9.17, 15) is 10.5 Å². The molecule has 0 saturated heterocycles. The maximum atomic E-state index is 9.60. The summed E-state index contributed by atoms with van der Waals surface area (Å²) in [6.45, 7) is 6.15. The van der Waals surface area contributed by atoms with Crippen LogP contribution in [0, 0.1) is 29.6 Å². The lowest BCUT2D eigenvalue weighted by Gasteiger charge is -2.16. The lowest BCUT2D eigenvalue weighted by atomic mass is 9.92. The van der Waals surface area contributed by atoms with Gasteiger partial charge in [0.05, 0.1) is 27.7 Å². The standard InChI is InChI=1S/C26H16N4/c1-3-19-21-12-17(14-27)18(15-28)13-24(21)30-23-11-7-6-10-22(23)29-26(30)25(19)20-9-5-4-8-16(20)2/h3-13H,1H2,2H3. The van der Waals surface area contributed by atoms with Gasteiger partial charge in [-0.05, 0) is 47.9 Å². The zero-order valence-corrected chi connectivity index (χ0v) is 16.3. The van der Waals surface area contributed by atoms with Crippen molar-refractivity contribution in [3.05, 3.63) is 89.5 Å². The van der Waals surface area contributed by atoms with Gasteiger partial charge in [-0.25, -0.2) is 4.98 Å². The van der Waals surface area contributed by atoms with E-state index < -0.39 is 0 Å². The summed E-state index contributed by atoms with van der Waals surface area (Å²) in [6, 6.07) is 24.0. The summed E-state index contributed by atoms with van der Waals surface area (Å²) >= 11 is 0. The van der Waals surface area contributed by atoms with Crippen LogP contribution >= 0.6 is 0 Å². The molecule has 4 heteroatoms. The molecule has 4 nitrogen and oxygen atoms in total. The van der Waals surface area contributed by atoms with Crippen molar-refractivity contribution in [1.29, 1.82) is 10.5 Å². The molecule has 0 spiro atoms. The second kappa shape index (κ2) is 6.58. The molecule has 5 aromatic rings. The van der Waals surface area contributed by atoms with Gasteiger partial charge in [0.25, 0.3) is 0 Å². The number of aromatic nitrogens is 2. The number of fused-ring (bicyclic) bond motifs is 5. The maximum absolute atomic E-state index is 9.60. The van der Waals surface area contributed by atoms with Gasteiger partial charge in [0.1, 0.15) is 17.8 Å². The number of benzene rings is 3. The van der Waals surface area contributed by atoms with E-state index in [1.54, 1.807) is 12.1 Å². The molecule has 0 bridgehead atoms. The van der Waals surface area contributed by atoms with Crippen LogP contribution in [0.4, 0.5) is 0 Å². The number of imidazole rings is 1. The lowest BCUT2D eigenvalue weighted by molar-refractivity contribution is 1.28. The molecular formula is C26H16N4. The van der Waals surface area contributed by atoms with E-state index in [2.05, 4.69) is 42.2 Å². The fourth-order valence-corrected chi connectivity index (χ4v) is 4.20. The highest BCUT2D eigenvalue weighted by molar-refractivity contribution is 6.05. The van der Waals surface area contributed by atoms with Crippen molar-refractivity contribution in [2.45, 2.75) is 6.92 Å². The molecule has 2 heterocycles. The summed E-state index contributed by atoms with van der Waals surface area (Å²) in [5, 5.41) is 20.1. The second-order valence-electron chi connectivity index (χ2n) is 7.21. The third-order valence-electron chi connectivity index (χ3n) is 5.58. The van der Waals surface area contributed by atoms with Crippen LogP contribution in [0.25, 0.3) is 44.8 Å². The first-order valence-electron chi connectivity index (χ1n) is 9.57. The molecule has 0 unspecified atom stereocenters. The zero-order chi connectivity index (χ0) is 20.8. The normalized spacial score (nSPS) is 10.9. The van der Waals surface area contributed by atoms with E-state index in [-0.39, 0.29) is 0 Å². The highest BCUT2D eigenvalue weighted by atomic mass is 15.0. The molecule has 3 aromatic carbocycles. The van der Waals surface area contributed by atoms with E-state index in [4.69, 9.17) is 4.98 Å². The molecule has 2 aromatic heterocycles. The molecule has 0 saturated carbocycles. The molecule has 0 amide bonds. The zero-order valence-electron chi connectivity index (χ0n) is 16.3. The van der Waals surface area contributed by atoms with E-state index in [0.717, 1.165) is 49.8 Å². The summed E-state index contributed by atoms with van der Waals surface area (Å²) < 4.78 is 2.08. The van der Waals surface area contributed by atoms with E-state index >= 15 is 0 Å². The fraction of sp³-hybridized carbons (Fsp3) is 0.0385. The predicted molar refractivity (Wildman–Crippen MR) is 120 cm³/mol. The first-order chi connectivity index (χ1) is 14.7. The van der Waals surface area contributed by atoms with Crippen LogP contribution in [0.1, 0.15) is 22.3 Å². The van der Waals surface area contributed by atoms with Gasteiger partial charge in [-0.3, -0.25) is 4.40 Å². The van der Waals surface area contributed by atoms with Crippen LogP contribution in [0.2, 0.25) is 0 Å². The molecule has 0 aliphatic carbocycles. The van der Waals surface area contributed by atoms with Crippen LogP contribution in [-0.4, -0.2) is 9.38 Å². The van der Waals surface area contributed by atoms with Gasteiger partial charge in [-0.1, -0.05) is 49.1 Å². The SMILES string of the molecule is C=Cc1c(-c2ccccc2C)c2nc3ccccc3n2c2cc(C#N)c(C#N)cc12. The Balaban J connectivity index is 2.14. The summed E-state index contributed by atoms with van der Waals surface area (Å²) in [5.41, 5.74) is 8.25. The second-order valence-corrected chi connectivity index (χ2v) is 7.21. The summed E-state index contributed by atoms with van der Waals surface area (Å²) in [4.78, 5) is 4.96. The van der Waals surface area contributed by atoms with Crippen LogP contribution in [-0.2, 0) is 0 Å². The Hall–Kier alpha value is -4.41. The van der Waals surface area contributed by atoms with Gasteiger partial charge in [0.2, 0.25) is 0 Å². The number of nitriles is 2. The van der Waals surface area contributed by atoms with Gasteiger partial charge in [-0.2, -0.15) is 10.5 Å². The van der Waals surface area contributed by atoms with Crippen molar-refractivity contribution in [2.75, 3.05) is 0 Å². The summed E-state index contributed by atoms with van der Waals surface area (Å²) in [7, 11) is 0. The highest BCUT2D eigenvalue weighted by Gasteiger charge is 2.20. The maximum Gasteiger partial charge on any atom is 0.146 e. The molecular weight excluding hydrogens is 368 g/mol. The number of hydrogen-bond acceptors (Lipinski definition) is 3. The number of pyridine rings is 1. The van der Waals surface area contributed by atoms with Crippen LogP contribution in [0.5, 0.6) is 0 Å². The number of hydrogen-bond donors (Lipinski definition) is 0. The average Bonchev–Trinajstić information content (AvgIpc) is 3.17. The van der Waals surface area contributed by atoms with Gasteiger partial charge < -0.3 is 0 Å². The molecule has 140 valence electrons. The van der Waals surface area contributed by atoms with Crippen LogP contribution < -0.4 is 0 Å². The van der Waals surface area contributed by atoms with Crippen LogP contribution in [0.15, 0.2) is 67.2 Å². The topological polar surface area (TPSA) is 64.9 Å². The number of para-hydroxylation sites is 2. The highest BCUT2D eigenvalue weighted by Crippen LogP contribution is 2.39. The predicted octanol–water partition coefficient (Wildman–Crippen LogP) is 6.00. The molecule has 0 N–H and O–H groups in total. The average molecular weight is 384 g/mol. The van der Waals surface area contributed by atoms with Crippen molar-refractivity contribution in [3.63, 3.8) is 0 Å². The summed E-state index contributed by atoms with van der Waals surface area (Å²) in [5.74, 6) is 0. The van der Waals surface area contributed by atoms with Crippen molar-refractivity contribution in [3.8, 4) is 23.3 Å². The van der Waals surface area contributed by atoms with E-state index in [0.29, 0.717) is 11.1 Å². The minimum atomic E-state index is 0.350. The Kier molecular flexibility index (Phi) is 3.88. The molecule has 30 heavy (non-hydrogen) atoms. The number of nitrogens with zero attached hydrogens (tertiary/aromatic N) is 4. The van der Waals surface area contributed by atoms with E-state index in [1.807, 2.05) is 42.5 Å². The van der Waals surface area contributed by atoms with Gasteiger partial charge >= 0.3 is 0 Å². The first kappa shape index (κ1) is 17.7. The Labute approximate surface area is 173 Å². The van der Waals surface area contributed by atoms with Gasteiger partial charge in [-0.15, -0.1) is 0 Å². The molecule has 0 aliphatic rings. The Morgan fingerprint density at radius 3 is 2.37 bits per heavy atom. The van der Waals surface area contributed by atoms with Gasteiger partial charge in [0.15, 0.2) is 0 Å². The smallest absolute Gasteiger partial charge is 0.146 e. The van der Waals surface area contributed by atoms with Crippen molar-refractivity contribution in [1.82, 2.24) is 9.38 Å². The fourth-order valence-electron chi connectivity index (χ4n) is 4.20. The third kappa shape index (κ3) is 2.35. The Bertz CT molecular complexity index is 1590. The lowest BCUT2D eigenvalue weighted by Crippen LogP contribution is -1.99. The molecule has 0 aliphatic heterocycles. The molecule has 0 radical (unpaired) electrons. The first-order valence-corrected chi connectivity index (χ1v) is 9.57.